The minimum Gasteiger partial charge on any atom is -0.350 e. The number of hydrogen-bond donors (Lipinski definition) is 1. The molecule has 4 rings (SSSR count). The van der Waals surface area contributed by atoms with Crippen molar-refractivity contribution in [2.75, 3.05) is 19.6 Å². The van der Waals surface area contributed by atoms with Gasteiger partial charge in [-0.3, -0.25) is 14.4 Å². The molecule has 1 aliphatic carbocycles. The van der Waals surface area contributed by atoms with Gasteiger partial charge in [-0.25, -0.2) is 4.98 Å². The van der Waals surface area contributed by atoms with Gasteiger partial charge in [0.15, 0.2) is 5.65 Å². The molecule has 1 saturated carbocycles. The van der Waals surface area contributed by atoms with Crippen LogP contribution in [-0.4, -0.2) is 51.2 Å². The molecule has 1 aliphatic rings. The number of aromatic nitrogens is 3. The summed E-state index contributed by atoms with van der Waals surface area (Å²) in [5.74, 6) is 0.447. The molecule has 0 aliphatic heterocycles. The van der Waals surface area contributed by atoms with Crippen LogP contribution in [-0.2, 0) is 13.5 Å². The van der Waals surface area contributed by atoms with Gasteiger partial charge in [0.05, 0.1) is 16.6 Å². The van der Waals surface area contributed by atoms with Crippen molar-refractivity contribution in [2.24, 2.45) is 7.05 Å². The predicted octanol–water partition coefficient (Wildman–Crippen LogP) is 3.84. The van der Waals surface area contributed by atoms with Crippen LogP contribution in [0.15, 0.2) is 36.4 Å². The Balaban J connectivity index is 1.58. The third-order valence-electron chi connectivity index (χ3n) is 6.37. The van der Waals surface area contributed by atoms with Crippen LogP contribution in [0.5, 0.6) is 0 Å². The average Bonchev–Trinajstić information content (AvgIpc) is 3.59. The van der Waals surface area contributed by atoms with Crippen LogP contribution in [0.25, 0.3) is 11.0 Å². The summed E-state index contributed by atoms with van der Waals surface area (Å²) < 4.78 is 1.79. The monoisotopic (exact) mass is 419 g/mol. The van der Waals surface area contributed by atoms with Crippen LogP contribution in [0.2, 0.25) is 0 Å². The summed E-state index contributed by atoms with van der Waals surface area (Å²) in [6.07, 6.45) is 3.21. The minimum absolute atomic E-state index is 0.0318. The molecule has 1 aromatic carbocycles. The highest BCUT2D eigenvalue weighted by molar-refractivity contribution is 6.06. The molecule has 31 heavy (non-hydrogen) atoms. The molecule has 1 fully saturated rings. The number of nitrogens with zero attached hydrogens (tertiary/aromatic N) is 4. The van der Waals surface area contributed by atoms with Gasteiger partial charge in [0.1, 0.15) is 0 Å². The molecule has 1 N–H and O–H groups in total. The normalized spacial score (nSPS) is 14.9. The third kappa shape index (κ3) is 4.64. The molecule has 0 saturated heterocycles. The number of carbonyl (C=O) groups excluding carboxylic acids is 1. The lowest BCUT2D eigenvalue weighted by Crippen LogP contribution is -2.45. The first kappa shape index (κ1) is 21.5. The highest BCUT2D eigenvalue weighted by Crippen LogP contribution is 2.40. The highest BCUT2D eigenvalue weighted by Gasteiger charge is 2.28. The van der Waals surface area contributed by atoms with Crippen LogP contribution in [0.1, 0.15) is 59.9 Å². The molecule has 3 aromatic rings. The Morgan fingerprint density at radius 1 is 1.23 bits per heavy atom. The van der Waals surface area contributed by atoms with Crippen molar-refractivity contribution >= 4 is 16.9 Å². The number of fused-ring (bicyclic) bond motifs is 1. The number of benzene rings is 1. The second-order valence-corrected chi connectivity index (χ2v) is 8.55. The predicted molar refractivity (Wildman–Crippen MR) is 124 cm³/mol. The van der Waals surface area contributed by atoms with Crippen molar-refractivity contribution in [3.8, 4) is 0 Å². The molecular weight excluding hydrogens is 386 g/mol. The number of nitrogens with one attached hydrogen (secondary N) is 1. The molecule has 6 nitrogen and oxygen atoms in total. The van der Waals surface area contributed by atoms with Crippen LogP contribution in [0.4, 0.5) is 0 Å². The van der Waals surface area contributed by atoms with E-state index in [1.807, 2.05) is 26.1 Å². The fraction of sp³-hybridized carbons (Fsp3) is 0.480. The van der Waals surface area contributed by atoms with Crippen molar-refractivity contribution in [3.63, 3.8) is 0 Å². The van der Waals surface area contributed by atoms with Gasteiger partial charge < -0.3 is 5.32 Å². The summed E-state index contributed by atoms with van der Waals surface area (Å²) >= 11 is 0. The number of rotatable bonds is 9. The maximum Gasteiger partial charge on any atom is 0.252 e. The fourth-order valence-electron chi connectivity index (χ4n) is 4.49. The maximum atomic E-state index is 13.4. The minimum atomic E-state index is -0.0318. The summed E-state index contributed by atoms with van der Waals surface area (Å²) in [5.41, 5.74) is 4.67. The van der Waals surface area contributed by atoms with E-state index in [0.29, 0.717) is 18.0 Å². The topological polar surface area (TPSA) is 63.1 Å². The fourth-order valence-corrected chi connectivity index (χ4v) is 4.49. The first-order valence-corrected chi connectivity index (χ1v) is 11.4. The standard InChI is InChI=1S/C25H33N5O/c1-5-30(6-2)20(14-18-10-8-7-9-11-18)16-26-25(31)21-15-22(19-12-13-19)27-24-23(21)17(3)28-29(24)4/h7-11,15,19-20H,5-6,12-14,16H2,1-4H3,(H,26,31). The van der Waals surface area contributed by atoms with E-state index in [1.165, 1.54) is 5.56 Å². The van der Waals surface area contributed by atoms with Gasteiger partial charge in [-0.2, -0.15) is 5.10 Å². The molecule has 6 heteroatoms. The number of pyridine rings is 1. The van der Waals surface area contributed by atoms with Crippen LogP contribution >= 0.6 is 0 Å². The van der Waals surface area contributed by atoms with Gasteiger partial charge in [-0.05, 0) is 50.9 Å². The lowest BCUT2D eigenvalue weighted by Gasteiger charge is -2.30. The van der Waals surface area contributed by atoms with E-state index >= 15 is 0 Å². The zero-order valence-electron chi connectivity index (χ0n) is 19.1. The summed E-state index contributed by atoms with van der Waals surface area (Å²) in [5, 5.41) is 8.63. The Bertz CT molecular complexity index is 1050. The summed E-state index contributed by atoms with van der Waals surface area (Å²) in [7, 11) is 1.90. The number of hydrogen-bond acceptors (Lipinski definition) is 4. The molecule has 1 amide bonds. The quantitative estimate of drug-likeness (QED) is 0.572. The average molecular weight is 420 g/mol. The largest absolute Gasteiger partial charge is 0.350 e. The van der Waals surface area contributed by atoms with Gasteiger partial charge in [0, 0.05) is 31.2 Å². The van der Waals surface area contributed by atoms with Gasteiger partial charge in [0.25, 0.3) is 5.91 Å². The second-order valence-electron chi connectivity index (χ2n) is 8.55. The van der Waals surface area contributed by atoms with Crippen LogP contribution in [0.3, 0.4) is 0 Å². The number of aryl methyl sites for hydroxylation is 2. The molecular formula is C25H33N5O. The summed E-state index contributed by atoms with van der Waals surface area (Å²) in [6, 6.07) is 12.7. The van der Waals surface area contributed by atoms with Crippen molar-refractivity contribution < 1.29 is 4.79 Å². The van der Waals surface area contributed by atoms with Crippen molar-refractivity contribution in [2.45, 2.75) is 52.0 Å². The molecule has 2 aromatic heterocycles. The number of likely N-dealkylation sites (N-methyl/N-ethyl adjacent to an activating group) is 1. The molecule has 1 atom stereocenters. The molecule has 0 bridgehead atoms. The van der Waals surface area contributed by atoms with E-state index < -0.39 is 0 Å². The zero-order valence-corrected chi connectivity index (χ0v) is 19.1. The Morgan fingerprint density at radius 3 is 2.58 bits per heavy atom. The number of amides is 1. The van der Waals surface area contributed by atoms with Crippen molar-refractivity contribution in [1.82, 2.24) is 25.0 Å². The van der Waals surface area contributed by atoms with Gasteiger partial charge in [0.2, 0.25) is 0 Å². The summed E-state index contributed by atoms with van der Waals surface area (Å²) in [4.78, 5) is 20.6. The molecule has 1 unspecified atom stereocenters. The van der Waals surface area contributed by atoms with Crippen molar-refractivity contribution in [3.05, 3.63) is 58.9 Å². The Hall–Kier alpha value is -2.73. The number of carbonyl (C=O) groups is 1. The van der Waals surface area contributed by atoms with E-state index in [1.54, 1.807) is 4.68 Å². The van der Waals surface area contributed by atoms with E-state index in [9.17, 15) is 4.79 Å². The Morgan fingerprint density at radius 2 is 1.94 bits per heavy atom. The highest BCUT2D eigenvalue weighted by atomic mass is 16.1. The smallest absolute Gasteiger partial charge is 0.252 e. The first-order valence-electron chi connectivity index (χ1n) is 11.4. The van der Waals surface area contributed by atoms with E-state index in [2.05, 4.69) is 53.4 Å². The lowest BCUT2D eigenvalue weighted by molar-refractivity contribution is 0.0936. The van der Waals surface area contributed by atoms with Gasteiger partial charge in [-0.15, -0.1) is 0 Å². The van der Waals surface area contributed by atoms with Crippen molar-refractivity contribution in [1.29, 1.82) is 0 Å². The van der Waals surface area contributed by atoms with E-state index in [0.717, 1.165) is 54.8 Å². The second kappa shape index (κ2) is 9.18. The first-order chi connectivity index (χ1) is 15.0. The molecule has 0 radical (unpaired) electrons. The van der Waals surface area contributed by atoms with E-state index in [-0.39, 0.29) is 11.9 Å². The molecule has 0 spiro atoms. The van der Waals surface area contributed by atoms with Gasteiger partial charge >= 0.3 is 0 Å². The maximum absolute atomic E-state index is 13.4. The van der Waals surface area contributed by atoms with Crippen LogP contribution < -0.4 is 5.32 Å². The molecule has 164 valence electrons. The SMILES string of the molecule is CCN(CC)C(CNC(=O)c1cc(C2CC2)nc2c1c(C)nn2C)Cc1ccccc1. The lowest BCUT2D eigenvalue weighted by atomic mass is 10.0. The third-order valence-corrected chi connectivity index (χ3v) is 6.37. The Labute approximate surface area is 184 Å². The van der Waals surface area contributed by atoms with E-state index in [4.69, 9.17) is 4.98 Å². The molecule has 2 heterocycles. The van der Waals surface area contributed by atoms with Gasteiger partial charge in [-0.1, -0.05) is 44.2 Å². The Kier molecular flexibility index (Phi) is 6.37. The summed E-state index contributed by atoms with van der Waals surface area (Å²) in [6.45, 7) is 8.82. The van der Waals surface area contributed by atoms with Crippen LogP contribution in [0, 0.1) is 6.92 Å². The zero-order chi connectivity index (χ0) is 22.0.